The monoisotopic (exact) mass is 610 g/mol. The highest BCUT2D eigenvalue weighted by Crippen LogP contribution is 2.37. The van der Waals surface area contributed by atoms with Crippen LogP contribution in [0.15, 0.2) is 30.9 Å². The Bertz CT molecular complexity index is 1330. The Labute approximate surface area is 247 Å². The molecule has 43 heavy (non-hydrogen) atoms. The SMILES string of the molecule is C=CCCCCC[C@H](NC(=O)OC(C)(C)C)C(=O)N1C[C@H](Oc2nc3cc(OC)ccc3nc2C(F)(F)F)C[C@H]1C(=O)O. The number of nitrogens with zero attached hydrogens (tertiary/aromatic N) is 3. The zero-order valence-corrected chi connectivity index (χ0v) is 24.6. The Morgan fingerprint density at radius 2 is 1.88 bits per heavy atom. The molecule has 14 heteroatoms. The second-order valence-electron chi connectivity index (χ2n) is 11.2. The van der Waals surface area contributed by atoms with Gasteiger partial charge in [-0.25, -0.2) is 19.6 Å². The van der Waals surface area contributed by atoms with Gasteiger partial charge in [0.2, 0.25) is 17.5 Å². The van der Waals surface area contributed by atoms with Crippen molar-refractivity contribution in [1.82, 2.24) is 20.2 Å². The highest BCUT2D eigenvalue weighted by molar-refractivity contribution is 5.90. The first-order valence-corrected chi connectivity index (χ1v) is 13.9. The number of benzene rings is 1. The number of carbonyl (C=O) groups is 3. The van der Waals surface area contributed by atoms with Crippen LogP contribution in [0.3, 0.4) is 0 Å². The number of ether oxygens (including phenoxy) is 3. The van der Waals surface area contributed by atoms with Gasteiger partial charge in [-0.2, -0.15) is 13.2 Å². The maximum Gasteiger partial charge on any atom is 0.438 e. The maximum absolute atomic E-state index is 13.9. The molecule has 0 bridgehead atoms. The topological polar surface area (TPSA) is 140 Å². The van der Waals surface area contributed by atoms with Crippen LogP contribution in [0.2, 0.25) is 0 Å². The quantitative estimate of drug-likeness (QED) is 0.248. The van der Waals surface area contributed by atoms with E-state index in [0.29, 0.717) is 12.2 Å². The highest BCUT2D eigenvalue weighted by atomic mass is 19.4. The van der Waals surface area contributed by atoms with Gasteiger partial charge in [-0.15, -0.1) is 6.58 Å². The summed E-state index contributed by atoms with van der Waals surface area (Å²) in [5, 5.41) is 12.4. The summed E-state index contributed by atoms with van der Waals surface area (Å²) in [5.41, 5.74) is -2.21. The molecular formula is C29H37F3N4O7. The number of rotatable bonds is 12. The predicted molar refractivity (Wildman–Crippen MR) is 150 cm³/mol. The molecule has 1 aromatic carbocycles. The summed E-state index contributed by atoms with van der Waals surface area (Å²) in [4.78, 5) is 47.0. The van der Waals surface area contributed by atoms with Gasteiger partial charge in [-0.3, -0.25) is 4.79 Å². The van der Waals surface area contributed by atoms with E-state index in [2.05, 4.69) is 21.9 Å². The molecular weight excluding hydrogens is 573 g/mol. The lowest BCUT2D eigenvalue weighted by atomic mass is 10.1. The zero-order valence-electron chi connectivity index (χ0n) is 24.6. The summed E-state index contributed by atoms with van der Waals surface area (Å²) in [7, 11) is 1.39. The third-order valence-corrected chi connectivity index (χ3v) is 6.61. The van der Waals surface area contributed by atoms with Gasteiger partial charge in [-0.1, -0.05) is 18.9 Å². The van der Waals surface area contributed by atoms with Crippen molar-refractivity contribution in [3.05, 3.63) is 36.5 Å². The molecule has 3 atom stereocenters. The minimum absolute atomic E-state index is 0.0451. The lowest BCUT2D eigenvalue weighted by Gasteiger charge is -2.28. The molecule has 2 N–H and O–H groups in total. The van der Waals surface area contributed by atoms with Gasteiger partial charge >= 0.3 is 18.2 Å². The number of halogens is 3. The van der Waals surface area contributed by atoms with Crippen molar-refractivity contribution in [3.8, 4) is 11.6 Å². The number of fused-ring (bicyclic) bond motifs is 1. The Morgan fingerprint density at radius 3 is 2.49 bits per heavy atom. The molecule has 2 amide bonds. The van der Waals surface area contributed by atoms with Gasteiger partial charge in [-0.05, 0) is 52.2 Å². The minimum atomic E-state index is -4.93. The first-order valence-electron chi connectivity index (χ1n) is 13.9. The van der Waals surface area contributed by atoms with Gasteiger partial charge < -0.3 is 29.5 Å². The molecule has 1 fully saturated rings. The summed E-state index contributed by atoms with van der Waals surface area (Å²) >= 11 is 0. The van der Waals surface area contributed by atoms with E-state index in [4.69, 9.17) is 14.2 Å². The van der Waals surface area contributed by atoms with E-state index < -0.39 is 59.5 Å². The number of carboxylic acid groups (broad SMARTS) is 1. The van der Waals surface area contributed by atoms with Crippen LogP contribution in [-0.2, 0) is 20.5 Å². The fraction of sp³-hybridized carbons (Fsp3) is 0.552. The van der Waals surface area contributed by atoms with E-state index in [-0.39, 0.29) is 30.4 Å². The Morgan fingerprint density at radius 1 is 1.16 bits per heavy atom. The van der Waals surface area contributed by atoms with E-state index in [0.717, 1.165) is 24.2 Å². The van der Waals surface area contributed by atoms with Crippen molar-refractivity contribution in [2.24, 2.45) is 0 Å². The third-order valence-electron chi connectivity index (χ3n) is 6.61. The average molecular weight is 611 g/mol. The number of aliphatic carboxylic acids is 1. The molecule has 3 rings (SSSR count). The van der Waals surface area contributed by atoms with Crippen LogP contribution in [0.25, 0.3) is 11.0 Å². The van der Waals surface area contributed by atoms with Crippen LogP contribution in [0.5, 0.6) is 11.6 Å². The molecule has 236 valence electrons. The van der Waals surface area contributed by atoms with Crippen molar-refractivity contribution in [3.63, 3.8) is 0 Å². The molecule has 0 radical (unpaired) electrons. The Balaban J connectivity index is 1.87. The van der Waals surface area contributed by atoms with Crippen LogP contribution in [0.4, 0.5) is 18.0 Å². The molecule has 0 aliphatic carbocycles. The predicted octanol–water partition coefficient (Wildman–Crippen LogP) is 5.12. The third kappa shape index (κ3) is 9.19. The van der Waals surface area contributed by atoms with Gasteiger partial charge in [0.05, 0.1) is 24.7 Å². The van der Waals surface area contributed by atoms with E-state index in [9.17, 15) is 32.7 Å². The standard InChI is InChI=1S/C29H37F3N4O7/c1-6-7-8-9-10-11-20(35-27(40)43-28(2,3)4)25(37)36-16-18(15-22(36)26(38)39)42-24-23(29(30,31)32)33-19-13-12-17(41-5)14-21(19)34-24/h6,12-14,18,20,22H,1,7-11,15-16H2,2-5H3,(H,35,40)(H,38,39)/t18-,20+,22+/m1/s1. The first-order chi connectivity index (χ1) is 20.1. The summed E-state index contributed by atoms with van der Waals surface area (Å²) < 4.78 is 57.8. The Kier molecular flexibility index (Phi) is 10.8. The Hall–Kier alpha value is -4.10. The molecule has 1 aliphatic rings. The van der Waals surface area contributed by atoms with E-state index >= 15 is 0 Å². The molecule has 2 heterocycles. The number of nitrogens with one attached hydrogen (secondary N) is 1. The van der Waals surface area contributed by atoms with Crippen molar-refractivity contribution in [1.29, 1.82) is 0 Å². The fourth-order valence-electron chi connectivity index (χ4n) is 4.65. The van der Waals surface area contributed by atoms with Crippen molar-refractivity contribution in [2.45, 2.75) is 89.3 Å². The summed E-state index contributed by atoms with van der Waals surface area (Å²) in [6, 6.07) is 1.62. The van der Waals surface area contributed by atoms with E-state index in [1.807, 2.05) is 0 Å². The number of carbonyl (C=O) groups excluding carboxylic acids is 2. The lowest BCUT2D eigenvalue weighted by molar-refractivity contribution is -0.149. The molecule has 1 aliphatic heterocycles. The number of unbranched alkanes of at least 4 members (excludes halogenated alkanes) is 3. The smallest absolute Gasteiger partial charge is 0.438 e. The molecule has 11 nitrogen and oxygen atoms in total. The van der Waals surface area contributed by atoms with Crippen LogP contribution < -0.4 is 14.8 Å². The number of alkyl carbamates (subject to hydrolysis) is 1. The van der Waals surface area contributed by atoms with Gasteiger partial charge in [0.25, 0.3) is 0 Å². The second-order valence-corrected chi connectivity index (χ2v) is 11.2. The zero-order chi connectivity index (χ0) is 31.9. The number of allylic oxidation sites excluding steroid dienone is 1. The maximum atomic E-state index is 13.9. The lowest BCUT2D eigenvalue weighted by Crippen LogP contribution is -2.52. The molecule has 1 saturated heterocycles. The molecule has 2 aromatic rings. The molecule has 1 aromatic heterocycles. The number of alkyl halides is 3. The van der Waals surface area contributed by atoms with Gasteiger partial charge in [0.15, 0.2) is 0 Å². The van der Waals surface area contributed by atoms with Gasteiger partial charge in [0.1, 0.15) is 29.5 Å². The number of methoxy groups -OCH3 is 1. The summed E-state index contributed by atoms with van der Waals surface area (Å²) in [5.74, 6) is -2.59. The molecule has 0 spiro atoms. The average Bonchev–Trinajstić information content (AvgIpc) is 3.33. The largest absolute Gasteiger partial charge is 0.497 e. The van der Waals surface area contributed by atoms with Crippen LogP contribution >= 0.6 is 0 Å². The number of carboxylic acids is 1. The number of hydrogen-bond acceptors (Lipinski definition) is 8. The summed E-state index contributed by atoms with van der Waals surface area (Å²) in [6.45, 7) is 8.29. The summed E-state index contributed by atoms with van der Waals surface area (Å²) in [6.07, 6.45) is -2.43. The van der Waals surface area contributed by atoms with Crippen LogP contribution in [-0.4, -0.2) is 75.4 Å². The number of amides is 2. The van der Waals surface area contributed by atoms with Crippen LogP contribution in [0, 0.1) is 0 Å². The molecule has 0 saturated carbocycles. The number of hydrogen-bond donors (Lipinski definition) is 2. The highest BCUT2D eigenvalue weighted by Gasteiger charge is 2.45. The van der Waals surface area contributed by atoms with Crippen molar-refractivity contribution < 1.29 is 46.9 Å². The van der Waals surface area contributed by atoms with Gasteiger partial charge in [0, 0.05) is 12.5 Å². The van der Waals surface area contributed by atoms with Crippen molar-refractivity contribution >= 4 is 29.0 Å². The first kappa shape index (κ1) is 33.4. The van der Waals surface area contributed by atoms with Crippen LogP contribution in [0.1, 0.15) is 65.0 Å². The fourth-order valence-corrected chi connectivity index (χ4v) is 4.65. The minimum Gasteiger partial charge on any atom is -0.497 e. The number of aromatic nitrogens is 2. The van der Waals surface area contributed by atoms with E-state index in [1.54, 1.807) is 26.8 Å². The van der Waals surface area contributed by atoms with E-state index in [1.165, 1.54) is 25.3 Å². The normalized spacial score (nSPS) is 17.8. The van der Waals surface area contributed by atoms with Crippen molar-refractivity contribution in [2.75, 3.05) is 13.7 Å². The number of likely N-dealkylation sites (tertiary alicyclic amines) is 1. The second kappa shape index (κ2) is 13.9. The molecule has 0 unspecified atom stereocenters.